The Labute approximate surface area is 135 Å². The Kier molecular flexibility index (Phi) is 4.64. The van der Waals surface area contributed by atoms with Gasteiger partial charge in [0, 0.05) is 26.3 Å². The monoisotopic (exact) mass is 321 g/mol. The minimum atomic E-state index is 0.0721. The molecule has 22 heavy (non-hydrogen) atoms. The van der Waals surface area contributed by atoms with Gasteiger partial charge in [-0.1, -0.05) is 0 Å². The Morgan fingerprint density at radius 3 is 2.77 bits per heavy atom. The Hall–Kier alpha value is -1.20. The van der Waals surface area contributed by atoms with E-state index in [-0.39, 0.29) is 17.1 Å². The first kappa shape index (κ1) is 15.7. The second kappa shape index (κ2) is 6.50. The smallest absolute Gasteiger partial charge is 0.227 e. The number of rotatable bonds is 3. The number of ketones is 1. The second-order valence-electron chi connectivity index (χ2n) is 6.58. The first-order chi connectivity index (χ1) is 10.6. The summed E-state index contributed by atoms with van der Waals surface area (Å²) in [7, 11) is 0. The maximum atomic E-state index is 12.6. The Morgan fingerprint density at radius 1 is 1.32 bits per heavy atom. The maximum absolute atomic E-state index is 12.6. The molecule has 0 saturated carbocycles. The summed E-state index contributed by atoms with van der Waals surface area (Å²) in [6.07, 6.45) is 4.87. The number of hydrogen-bond acceptors (Lipinski definition) is 4. The number of ether oxygens (including phenoxy) is 1. The lowest BCUT2D eigenvalue weighted by atomic mass is 9.74. The van der Waals surface area contributed by atoms with Crippen molar-refractivity contribution < 1.29 is 14.3 Å². The molecule has 0 aliphatic carbocycles. The molecule has 2 saturated heterocycles. The zero-order valence-electron chi connectivity index (χ0n) is 13.1. The van der Waals surface area contributed by atoms with E-state index in [1.807, 2.05) is 16.3 Å². The van der Waals surface area contributed by atoms with Crippen molar-refractivity contribution in [3.05, 3.63) is 21.9 Å². The molecule has 0 aromatic carbocycles. The van der Waals surface area contributed by atoms with Gasteiger partial charge in [-0.25, -0.2) is 0 Å². The van der Waals surface area contributed by atoms with Crippen molar-refractivity contribution in [1.82, 2.24) is 4.90 Å². The average Bonchev–Trinajstić information content (AvgIpc) is 2.97. The van der Waals surface area contributed by atoms with Gasteiger partial charge in [0.1, 0.15) is 0 Å². The van der Waals surface area contributed by atoms with Crippen molar-refractivity contribution in [2.75, 3.05) is 26.3 Å². The van der Waals surface area contributed by atoms with Crippen molar-refractivity contribution >= 4 is 23.0 Å². The van der Waals surface area contributed by atoms with E-state index in [0.29, 0.717) is 6.42 Å². The molecule has 120 valence electrons. The molecule has 2 aliphatic heterocycles. The fourth-order valence-electron chi connectivity index (χ4n) is 3.57. The Bertz CT molecular complexity index is 554. The molecular weight excluding hydrogens is 298 g/mol. The lowest BCUT2D eigenvalue weighted by Gasteiger charge is -2.45. The van der Waals surface area contributed by atoms with E-state index in [1.165, 1.54) is 17.8 Å². The van der Waals surface area contributed by atoms with Crippen molar-refractivity contribution in [3.63, 3.8) is 0 Å². The molecule has 5 heteroatoms. The molecule has 0 unspecified atom stereocenters. The average molecular weight is 321 g/mol. The fraction of sp³-hybridized carbons (Fsp3) is 0.647. The summed E-state index contributed by atoms with van der Waals surface area (Å²) in [6.45, 7) is 4.96. The van der Waals surface area contributed by atoms with E-state index in [0.717, 1.165) is 56.0 Å². The minimum absolute atomic E-state index is 0.0721. The van der Waals surface area contributed by atoms with Crippen LogP contribution in [0.25, 0.3) is 0 Å². The number of likely N-dealkylation sites (tertiary alicyclic amines) is 1. The molecule has 1 aromatic heterocycles. The van der Waals surface area contributed by atoms with Crippen LogP contribution in [0, 0.1) is 5.41 Å². The largest absolute Gasteiger partial charge is 0.381 e. The summed E-state index contributed by atoms with van der Waals surface area (Å²) in [5.41, 5.74) is 1.25. The predicted octanol–water partition coefficient (Wildman–Crippen LogP) is 2.91. The standard InChI is InChI=1S/C17H23NO3S/c1-13(19)15-9-14(11-22-15)10-16(20)18-6-2-3-17(12-18)4-7-21-8-5-17/h9,11H,2-8,10,12H2,1H3. The van der Waals surface area contributed by atoms with Crippen LogP contribution < -0.4 is 0 Å². The highest BCUT2D eigenvalue weighted by Crippen LogP contribution is 2.39. The third kappa shape index (κ3) is 3.41. The van der Waals surface area contributed by atoms with Crippen LogP contribution in [0.2, 0.25) is 0 Å². The lowest BCUT2D eigenvalue weighted by molar-refractivity contribution is -0.136. The number of thiophene rings is 1. The fourth-order valence-corrected chi connectivity index (χ4v) is 4.39. The SMILES string of the molecule is CC(=O)c1cc(CC(=O)N2CCCC3(CCOCC3)C2)cs1. The van der Waals surface area contributed by atoms with Crippen molar-refractivity contribution in [2.45, 2.75) is 39.0 Å². The second-order valence-corrected chi connectivity index (χ2v) is 7.49. The highest BCUT2D eigenvalue weighted by Gasteiger charge is 2.38. The number of carbonyl (C=O) groups is 2. The van der Waals surface area contributed by atoms with Gasteiger partial charge in [-0.15, -0.1) is 11.3 Å². The van der Waals surface area contributed by atoms with Gasteiger partial charge in [0.25, 0.3) is 0 Å². The highest BCUT2D eigenvalue weighted by atomic mass is 32.1. The molecule has 3 rings (SSSR count). The molecule has 2 fully saturated rings. The zero-order valence-corrected chi connectivity index (χ0v) is 13.9. The van der Waals surface area contributed by atoms with E-state index in [9.17, 15) is 9.59 Å². The third-order valence-electron chi connectivity index (χ3n) is 4.92. The lowest BCUT2D eigenvalue weighted by Crippen LogP contribution is -2.48. The first-order valence-corrected chi connectivity index (χ1v) is 8.90. The van der Waals surface area contributed by atoms with Gasteiger partial charge < -0.3 is 9.64 Å². The number of amides is 1. The number of Topliss-reactive ketones (excluding diaryl/α,β-unsaturated/α-hetero) is 1. The number of hydrogen-bond donors (Lipinski definition) is 0. The van der Waals surface area contributed by atoms with Crippen LogP contribution in [0.15, 0.2) is 11.4 Å². The zero-order chi connectivity index (χ0) is 15.6. The summed E-state index contributed by atoms with van der Waals surface area (Å²) in [5.74, 6) is 0.265. The molecule has 0 atom stereocenters. The van der Waals surface area contributed by atoms with Crippen molar-refractivity contribution in [1.29, 1.82) is 0 Å². The van der Waals surface area contributed by atoms with Crippen LogP contribution in [0.1, 0.15) is 47.8 Å². The minimum Gasteiger partial charge on any atom is -0.381 e. The Balaban J connectivity index is 1.62. The van der Waals surface area contributed by atoms with Crippen molar-refractivity contribution in [3.8, 4) is 0 Å². The maximum Gasteiger partial charge on any atom is 0.227 e. The molecule has 3 heterocycles. The number of piperidine rings is 1. The van der Waals surface area contributed by atoms with Crippen LogP contribution in [0.4, 0.5) is 0 Å². The van der Waals surface area contributed by atoms with E-state index >= 15 is 0 Å². The highest BCUT2D eigenvalue weighted by molar-refractivity contribution is 7.12. The van der Waals surface area contributed by atoms with Gasteiger partial charge in [0.2, 0.25) is 5.91 Å². The van der Waals surface area contributed by atoms with Gasteiger partial charge in [-0.2, -0.15) is 0 Å². The molecule has 1 amide bonds. The summed E-state index contributed by atoms with van der Waals surface area (Å²) >= 11 is 1.43. The van der Waals surface area contributed by atoms with E-state index in [2.05, 4.69) is 0 Å². The molecule has 0 N–H and O–H groups in total. The topological polar surface area (TPSA) is 46.6 Å². The van der Waals surface area contributed by atoms with Gasteiger partial charge in [-0.05, 0) is 55.0 Å². The Morgan fingerprint density at radius 2 is 2.09 bits per heavy atom. The van der Waals surface area contributed by atoms with Crippen LogP contribution >= 0.6 is 11.3 Å². The van der Waals surface area contributed by atoms with E-state index in [1.54, 1.807) is 6.92 Å². The normalized spacial score (nSPS) is 21.0. The van der Waals surface area contributed by atoms with Gasteiger partial charge >= 0.3 is 0 Å². The van der Waals surface area contributed by atoms with E-state index < -0.39 is 0 Å². The summed E-state index contributed by atoms with van der Waals surface area (Å²) in [4.78, 5) is 26.7. The van der Waals surface area contributed by atoms with Crippen LogP contribution in [0.3, 0.4) is 0 Å². The van der Waals surface area contributed by atoms with Gasteiger partial charge in [-0.3, -0.25) is 9.59 Å². The van der Waals surface area contributed by atoms with E-state index in [4.69, 9.17) is 4.74 Å². The van der Waals surface area contributed by atoms with Gasteiger partial charge in [0.15, 0.2) is 5.78 Å². The molecule has 4 nitrogen and oxygen atoms in total. The summed E-state index contributed by atoms with van der Waals surface area (Å²) in [5, 5.41) is 1.93. The molecular formula is C17H23NO3S. The predicted molar refractivity (Wildman–Crippen MR) is 86.3 cm³/mol. The summed E-state index contributed by atoms with van der Waals surface area (Å²) < 4.78 is 5.48. The first-order valence-electron chi connectivity index (χ1n) is 8.02. The third-order valence-corrected chi connectivity index (χ3v) is 6.00. The molecule has 0 radical (unpaired) electrons. The summed E-state index contributed by atoms with van der Waals surface area (Å²) in [6, 6.07) is 1.86. The number of nitrogens with zero attached hydrogens (tertiary/aromatic N) is 1. The van der Waals surface area contributed by atoms with Crippen LogP contribution in [-0.2, 0) is 16.0 Å². The number of carbonyl (C=O) groups excluding carboxylic acids is 2. The van der Waals surface area contributed by atoms with Gasteiger partial charge in [0.05, 0.1) is 11.3 Å². The molecule has 2 aliphatic rings. The molecule has 1 spiro atoms. The molecule has 0 bridgehead atoms. The quantitative estimate of drug-likeness (QED) is 0.804. The van der Waals surface area contributed by atoms with Crippen LogP contribution in [0.5, 0.6) is 0 Å². The molecule has 1 aromatic rings. The van der Waals surface area contributed by atoms with Crippen LogP contribution in [-0.4, -0.2) is 42.9 Å². The van der Waals surface area contributed by atoms with Crippen molar-refractivity contribution in [2.24, 2.45) is 5.41 Å².